The number of hydrogen-bond donors (Lipinski definition) is 3. The van der Waals surface area contributed by atoms with E-state index in [1.54, 1.807) is 7.11 Å². The van der Waals surface area contributed by atoms with E-state index in [0.717, 1.165) is 31.6 Å². The van der Waals surface area contributed by atoms with Crippen LogP contribution < -0.4 is 10.6 Å². The average molecular weight is 286 g/mol. The Labute approximate surface area is 122 Å². The van der Waals surface area contributed by atoms with E-state index >= 15 is 0 Å². The van der Waals surface area contributed by atoms with Gasteiger partial charge in [0, 0.05) is 20.2 Å². The minimum Gasteiger partial charge on any atom is -0.389 e. The largest absolute Gasteiger partial charge is 0.389 e. The maximum Gasteiger partial charge on any atom is 0.236 e. The van der Waals surface area contributed by atoms with Gasteiger partial charge in [0.15, 0.2) is 0 Å². The lowest BCUT2D eigenvalue weighted by Crippen LogP contribution is -2.50. The van der Waals surface area contributed by atoms with Crippen LogP contribution in [0.4, 0.5) is 0 Å². The van der Waals surface area contributed by atoms with Crippen molar-refractivity contribution in [2.45, 2.75) is 57.6 Å². The van der Waals surface area contributed by atoms with E-state index in [1.165, 1.54) is 6.42 Å². The molecule has 1 fully saturated rings. The smallest absolute Gasteiger partial charge is 0.236 e. The zero-order valence-electron chi connectivity index (χ0n) is 13.1. The summed E-state index contributed by atoms with van der Waals surface area (Å²) in [4.78, 5) is 11.8. The summed E-state index contributed by atoms with van der Waals surface area (Å²) in [5, 5.41) is 16.5. The number of aliphatic hydroxyl groups is 1. The minimum atomic E-state index is -0.646. The Morgan fingerprint density at radius 1 is 1.45 bits per heavy atom. The minimum absolute atomic E-state index is 0.0482. The summed E-state index contributed by atoms with van der Waals surface area (Å²) >= 11 is 0. The molecule has 1 atom stereocenters. The summed E-state index contributed by atoms with van der Waals surface area (Å²) in [7, 11) is 1.61. The molecule has 0 aromatic heterocycles. The van der Waals surface area contributed by atoms with Crippen LogP contribution in [0.25, 0.3) is 0 Å². The number of carbonyl (C=O) groups is 1. The fraction of sp³-hybridized carbons (Fsp3) is 0.933. The molecule has 0 heterocycles. The van der Waals surface area contributed by atoms with Crippen molar-refractivity contribution in [2.75, 3.05) is 26.8 Å². The van der Waals surface area contributed by atoms with Crippen molar-refractivity contribution in [3.63, 3.8) is 0 Å². The Morgan fingerprint density at radius 3 is 2.65 bits per heavy atom. The van der Waals surface area contributed by atoms with Gasteiger partial charge < -0.3 is 20.5 Å². The third-order valence-corrected chi connectivity index (χ3v) is 4.35. The van der Waals surface area contributed by atoms with E-state index < -0.39 is 5.60 Å². The fourth-order valence-electron chi connectivity index (χ4n) is 2.67. The maximum atomic E-state index is 11.8. The number of methoxy groups -OCH3 is 1. The van der Waals surface area contributed by atoms with Crippen molar-refractivity contribution < 1.29 is 14.6 Å². The lowest BCUT2D eigenvalue weighted by Gasteiger charge is -2.36. The van der Waals surface area contributed by atoms with E-state index in [4.69, 9.17) is 4.74 Å². The van der Waals surface area contributed by atoms with Crippen molar-refractivity contribution >= 4 is 5.91 Å². The molecule has 118 valence electrons. The van der Waals surface area contributed by atoms with Crippen molar-refractivity contribution in [1.29, 1.82) is 0 Å². The van der Waals surface area contributed by atoms with Gasteiger partial charge in [0.2, 0.25) is 5.91 Å². The van der Waals surface area contributed by atoms with E-state index in [1.807, 2.05) is 6.92 Å². The van der Waals surface area contributed by atoms with Crippen molar-refractivity contribution in [3.05, 3.63) is 0 Å². The standard InChI is InChI=1S/C15H30N2O3/c1-4-13-5-7-15(19,8-6-13)11-17-12(2)14(18)16-9-10-20-3/h12-13,17,19H,4-11H2,1-3H3,(H,16,18). The predicted octanol–water partition coefficient (Wildman–Crippen LogP) is 1.06. The summed E-state index contributed by atoms with van der Waals surface area (Å²) in [6.45, 7) is 5.55. The van der Waals surface area contributed by atoms with Crippen LogP contribution in [0, 0.1) is 5.92 Å². The van der Waals surface area contributed by atoms with E-state index in [-0.39, 0.29) is 11.9 Å². The summed E-state index contributed by atoms with van der Waals surface area (Å²) in [6, 6.07) is -0.292. The third kappa shape index (κ3) is 5.77. The molecular weight excluding hydrogens is 256 g/mol. The van der Waals surface area contributed by atoms with E-state index in [0.29, 0.717) is 19.7 Å². The Bertz CT molecular complexity index is 289. The van der Waals surface area contributed by atoms with Crippen LogP contribution in [0.3, 0.4) is 0 Å². The first-order valence-corrected chi connectivity index (χ1v) is 7.73. The zero-order chi connectivity index (χ0) is 15.0. The van der Waals surface area contributed by atoms with Gasteiger partial charge >= 0.3 is 0 Å². The number of rotatable bonds is 8. The molecule has 0 aliphatic heterocycles. The van der Waals surface area contributed by atoms with Gasteiger partial charge in [-0.15, -0.1) is 0 Å². The van der Waals surface area contributed by atoms with Crippen molar-refractivity contribution in [3.8, 4) is 0 Å². The van der Waals surface area contributed by atoms with Gasteiger partial charge in [0.25, 0.3) is 0 Å². The summed E-state index contributed by atoms with van der Waals surface area (Å²) < 4.78 is 4.89. The first-order valence-electron chi connectivity index (χ1n) is 7.73. The first-order chi connectivity index (χ1) is 9.50. The van der Waals surface area contributed by atoms with Crippen LogP contribution in [-0.2, 0) is 9.53 Å². The molecule has 20 heavy (non-hydrogen) atoms. The quantitative estimate of drug-likeness (QED) is 0.584. The zero-order valence-corrected chi connectivity index (χ0v) is 13.1. The SMILES string of the molecule is CCC1CCC(O)(CNC(C)C(=O)NCCOC)CC1. The maximum absolute atomic E-state index is 11.8. The number of amides is 1. The molecule has 0 aromatic rings. The van der Waals surface area contributed by atoms with Gasteiger partial charge in [-0.2, -0.15) is 0 Å². The molecular formula is C15H30N2O3. The molecule has 1 amide bonds. The number of hydrogen-bond acceptors (Lipinski definition) is 4. The molecule has 3 N–H and O–H groups in total. The normalized spacial score (nSPS) is 28.1. The molecule has 0 bridgehead atoms. The van der Waals surface area contributed by atoms with Crippen molar-refractivity contribution in [1.82, 2.24) is 10.6 Å². The van der Waals surface area contributed by atoms with E-state index in [2.05, 4.69) is 17.6 Å². The highest BCUT2D eigenvalue weighted by Crippen LogP contribution is 2.33. The van der Waals surface area contributed by atoms with Gasteiger partial charge in [-0.05, 0) is 38.5 Å². The first kappa shape index (κ1) is 17.4. The summed E-state index contributed by atoms with van der Waals surface area (Å²) in [6.07, 6.45) is 5.03. The molecule has 5 heteroatoms. The highest BCUT2D eigenvalue weighted by atomic mass is 16.5. The van der Waals surface area contributed by atoms with Gasteiger partial charge in [0.05, 0.1) is 18.2 Å². The van der Waals surface area contributed by atoms with Gasteiger partial charge in [-0.3, -0.25) is 4.79 Å². The van der Waals surface area contributed by atoms with Crippen LogP contribution >= 0.6 is 0 Å². The third-order valence-electron chi connectivity index (χ3n) is 4.35. The topological polar surface area (TPSA) is 70.6 Å². The Balaban J connectivity index is 2.26. The van der Waals surface area contributed by atoms with Crippen LogP contribution in [0.2, 0.25) is 0 Å². The highest BCUT2D eigenvalue weighted by molar-refractivity contribution is 5.81. The molecule has 1 unspecified atom stereocenters. The lowest BCUT2D eigenvalue weighted by atomic mass is 9.78. The van der Waals surface area contributed by atoms with Crippen LogP contribution in [0.1, 0.15) is 46.0 Å². The molecule has 1 aliphatic rings. The monoisotopic (exact) mass is 286 g/mol. The van der Waals surface area contributed by atoms with Gasteiger partial charge in [-0.25, -0.2) is 0 Å². The van der Waals surface area contributed by atoms with Crippen molar-refractivity contribution in [2.24, 2.45) is 5.92 Å². The highest BCUT2D eigenvalue weighted by Gasteiger charge is 2.33. The Hall–Kier alpha value is -0.650. The molecule has 5 nitrogen and oxygen atoms in total. The van der Waals surface area contributed by atoms with Gasteiger partial charge in [0.1, 0.15) is 0 Å². The molecule has 0 saturated heterocycles. The fourth-order valence-corrected chi connectivity index (χ4v) is 2.67. The number of nitrogens with one attached hydrogen (secondary N) is 2. The molecule has 0 aromatic carbocycles. The second kappa shape index (κ2) is 8.60. The summed E-state index contributed by atoms with van der Waals surface area (Å²) in [5.41, 5.74) is -0.646. The molecule has 1 saturated carbocycles. The van der Waals surface area contributed by atoms with Gasteiger partial charge in [-0.1, -0.05) is 13.3 Å². The predicted molar refractivity (Wildman–Crippen MR) is 79.5 cm³/mol. The second-order valence-electron chi connectivity index (χ2n) is 5.96. The Kier molecular flexibility index (Phi) is 7.48. The van der Waals surface area contributed by atoms with Crippen LogP contribution in [0.15, 0.2) is 0 Å². The van der Waals surface area contributed by atoms with E-state index in [9.17, 15) is 9.90 Å². The Morgan fingerprint density at radius 2 is 2.10 bits per heavy atom. The molecule has 0 spiro atoms. The molecule has 0 radical (unpaired) electrons. The average Bonchev–Trinajstić information content (AvgIpc) is 2.46. The second-order valence-corrected chi connectivity index (χ2v) is 5.96. The van der Waals surface area contributed by atoms with Crippen LogP contribution in [0.5, 0.6) is 0 Å². The molecule has 1 rings (SSSR count). The summed E-state index contributed by atoms with van der Waals surface area (Å²) in [5.74, 6) is 0.706. The number of carbonyl (C=O) groups excluding carboxylic acids is 1. The lowest BCUT2D eigenvalue weighted by molar-refractivity contribution is -0.123. The molecule has 1 aliphatic carbocycles. The number of ether oxygens (including phenoxy) is 1. The van der Waals surface area contributed by atoms with Crippen LogP contribution in [-0.4, -0.2) is 49.5 Å².